The monoisotopic (exact) mass is 888 g/mol. The van der Waals surface area contributed by atoms with Crippen LogP contribution in [0.2, 0.25) is 0 Å². The third-order valence-electron chi connectivity index (χ3n) is 11.4. The van der Waals surface area contributed by atoms with Crippen molar-refractivity contribution in [2.45, 2.75) is 169 Å². The van der Waals surface area contributed by atoms with E-state index in [0.29, 0.717) is 0 Å². The minimum Gasteiger partial charge on any atom is -0.143 e. The highest BCUT2D eigenvalue weighted by molar-refractivity contribution is 7.22. The summed E-state index contributed by atoms with van der Waals surface area (Å²) in [6.45, 7) is 11.5. The van der Waals surface area contributed by atoms with Crippen LogP contribution in [0.3, 0.4) is 0 Å². The van der Waals surface area contributed by atoms with E-state index in [0.717, 1.165) is 24.8 Å². The number of thiophene rings is 4. The first-order valence-corrected chi connectivity index (χ1v) is 26.7. The Morgan fingerprint density at radius 1 is 0.468 bits per heavy atom. The van der Waals surface area contributed by atoms with Crippen molar-refractivity contribution in [3.8, 4) is 91.1 Å². The van der Waals surface area contributed by atoms with Crippen LogP contribution in [0.25, 0.3) is 30.7 Å². The molecule has 0 atom stereocenters. The number of terminal acetylenes is 1. The first kappa shape index (κ1) is 48.7. The molecule has 1 aliphatic carbocycles. The quantitative estimate of drug-likeness (QED) is 0.0486. The van der Waals surface area contributed by atoms with Gasteiger partial charge < -0.3 is 0 Å². The fourth-order valence-electron chi connectivity index (χ4n) is 7.97. The minimum absolute atomic E-state index is 0.877. The van der Waals surface area contributed by atoms with E-state index < -0.39 is 0 Å². The first-order chi connectivity index (χ1) is 30.5. The number of rotatable bonds is 24. The number of allylic oxidation sites excluding steroid dienone is 4. The van der Waals surface area contributed by atoms with E-state index >= 15 is 0 Å². The van der Waals surface area contributed by atoms with Crippen molar-refractivity contribution >= 4 is 56.5 Å². The van der Waals surface area contributed by atoms with Gasteiger partial charge in [0.05, 0.1) is 0 Å². The van der Waals surface area contributed by atoms with Gasteiger partial charge in [-0.1, -0.05) is 111 Å². The molecule has 5 rings (SSSR count). The summed E-state index contributed by atoms with van der Waals surface area (Å²) in [5.74, 6) is 30.8. The van der Waals surface area contributed by atoms with E-state index in [1.54, 1.807) is 0 Å². The fraction of sp³-hybridized carbons (Fsp3) is 0.448. The molecule has 0 saturated carbocycles. The highest BCUT2D eigenvalue weighted by Gasteiger charge is 2.28. The maximum absolute atomic E-state index is 5.17. The lowest BCUT2D eigenvalue weighted by molar-refractivity contribution is 0.667. The molecule has 0 saturated heterocycles. The van der Waals surface area contributed by atoms with Crippen LogP contribution in [-0.4, -0.2) is 0 Å². The van der Waals surface area contributed by atoms with Crippen LogP contribution in [0, 0.1) is 71.5 Å². The van der Waals surface area contributed by atoms with Crippen LogP contribution >= 0.6 is 45.3 Å². The van der Waals surface area contributed by atoms with Crippen molar-refractivity contribution < 1.29 is 0 Å². The second-order valence-electron chi connectivity index (χ2n) is 16.3. The number of unbranched alkanes of at least 4 members (excludes halogenated alkanes) is 12. The molecule has 4 heterocycles. The largest absolute Gasteiger partial charge is 0.143 e. The molecule has 0 amide bonds. The van der Waals surface area contributed by atoms with Crippen molar-refractivity contribution in [3.05, 3.63) is 78.2 Å². The molecule has 4 aromatic heterocycles. The first-order valence-electron chi connectivity index (χ1n) is 23.3. The fourth-order valence-corrected chi connectivity index (χ4v) is 12.7. The van der Waals surface area contributed by atoms with E-state index in [4.69, 9.17) is 6.42 Å². The Morgan fingerprint density at radius 3 is 1.34 bits per heavy atom. The summed E-state index contributed by atoms with van der Waals surface area (Å²) in [6, 6.07) is 10.0. The maximum atomic E-state index is 5.17. The Bertz CT molecular complexity index is 2500. The number of hydrogen-bond donors (Lipinski definition) is 0. The van der Waals surface area contributed by atoms with Gasteiger partial charge in [-0.25, -0.2) is 0 Å². The molecular formula is C58H64S4. The molecule has 4 heteroatoms. The van der Waals surface area contributed by atoms with Gasteiger partial charge in [0, 0.05) is 41.3 Å². The predicted molar refractivity (Wildman–Crippen MR) is 278 cm³/mol. The molecule has 0 fully saturated rings. The predicted octanol–water partition coefficient (Wildman–Crippen LogP) is 17.0. The van der Waals surface area contributed by atoms with Crippen molar-refractivity contribution in [1.82, 2.24) is 0 Å². The zero-order chi connectivity index (χ0) is 43.8. The average molecular weight is 889 g/mol. The summed E-state index contributed by atoms with van der Waals surface area (Å²) in [6.07, 6.45) is 31.1. The molecule has 0 aromatic carbocycles. The van der Waals surface area contributed by atoms with Gasteiger partial charge in [-0.15, -0.1) is 51.8 Å². The van der Waals surface area contributed by atoms with E-state index in [9.17, 15) is 0 Å². The van der Waals surface area contributed by atoms with Crippen LogP contribution in [0.5, 0.6) is 0 Å². The zero-order valence-corrected chi connectivity index (χ0v) is 41.3. The lowest BCUT2D eigenvalue weighted by atomic mass is 10.0. The molecule has 1 aliphatic rings. The standard InChI is InChI=1S/C58H64S4/c1-7-12-17-22-23-24-25-26-27-32-37-50-45(6)51(53-40-48(35-30-20-15-10-4)57(61-53)55-38-46(43-59-55)33-28-18-13-8-2)42-52(50)54-41-49(36-31-21-16-11-5)58(62-54)56-39-47(44-60-56)34-29-19-14-9-3/h1,38-41,43-44H,8-11,13-16,18-21,28-31,33-36,42H2,2-6H3. The molecule has 4 aromatic rings. The third kappa shape index (κ3) is 14.9. The van der Waals surface area contributed by atoms with Gasteiger partial charge in [-0.3, -0.25) is 0 Å². The summed E-state index contributed by atoms with van der Waals surface area (Å²) in [5.41, 5.74) is 11.1. The molecule has 62 heavy (non-hydrogen) atoms. The van der Waals surface area contributed by atoms with Gasteiger partial charge in [0.15, 0.2) is 0 Å². The molecule has 0 unspecified atom stereocenters. The van der Waals surface area contributed by atoms with Crippen LogP contribution in [-0.2, 0) is 25.7 Å². The van der Waals surface area contributed by atoms with Crippen molar-refractivity contribution in [3.63, 3.8) is 0 Å². The SMILES string of the molecule is C#CC#CC#CC#CC#CC#CC1=C(c2cc(CCCCCC)c(-c3cc(CCCCCC)cs3)s2)CC(c2cc(CCCCCC)c(-c3cc(CCCCCC)cs3)s2)=C1C. The third-order valence-corrected chi connectivity index (χ3v) is 16.2. The Balaban J connectivity index is 1.54. The van der Waals surface area contributed by atoms with Gasteiger partial charge in [0.25, 0.3) is 0 Å². The molecule has 320 valence electrons. The van der Waals surface area contributed by atoms with Crippen LogP contribution < -0.4 is 0 Å². The van der Waals surface area contributed by atoms with Gasteiger partial charge in [-0.05, 0) is 191 Å². The summed E-state index contributed by atoms with van der Waals surface area (Å²) < 4.78 is 0. The molecule has 0 bridgehead atoms. The topological polar surface area (TPSA) is 0 Å². The highest BCUT2D eigenvalue weighted by atomic mass is 32.1. The molecule has 0 aliphatic heterocycles. The number of aryl methyl sites for hydroxylation is 4. The van der Waals surface area contributed by atoms with Crippen LogP contribution in [0.4, 0.5) is 0 Å². The Labute approximate surface area is 392 Å². The second-order valence-corrected chi connectivity index (χ2v) is 20.3. The lowest BCUT2D eigenvalue weighted by Gasteiger charge is -2.02. The van der Waals surface area contributed by atoms with E-state index in [-0.39, 0.29) is 0 Å². The van der Waals surface area contributed by atoms with E-state index in [2.05, 4.69) is 135 Å². The minimum atomic E-state index is 0.877. The number of hydrogen-bond acceptors (Lipinski definition) is 4. The molecular weight excluding hydrogens is 825 g/mol. The molecule has 0 spiro atoms. The van der Waals surface area contributed by atoms with E-state index in [1.807, 2.05) is 45.3 Å². The normalized spacial score (nSPS) is 11.7. The van der Waals surface area contributed by atoms with Gasteiger partial charge in [-0.2, -0.15) is 0 Å². The molecule has 0 nitrogen and oxygen atoms in total. The maximum Gasteiger partial charge on any atom is 0.0481 e. The summed E-state index contributed by atoms with van der Waals surface area (Å²) in [7, 11) is 0. The zero-order valence-electron chi connectivity index (χ0n) is 38.0. The Morgan fingerprint density at radius 2 is 0.887 bits per heavy atom. The second kappa shape index (κ2) is 27.6. The highest BCUT2D eigenvalue weighted by Crippen LogP contribution is 2.50. The lowest BCUT2D eigenvalue weighted by Crippen LogP contribution is -1.86. The van der Waals surface area contributed by atoms with Gasteiger partial charge in [0.2, 0.25) is 0 Å². The van der Waals surface area contributed by atoms with Crippen LogP contribution in [0.1, 0.15) is 176 Å². The smallest absolute Gasteiger partial charge is 0.0481 e. The molecule has 0 N–H and O–H groups in total. The summed E-state index contributed by atoms with van der Waals surface area (Å²) in [5, 5.41) is 4.82. The molecule has 0 radical (unpaired) electrons. The van der Waals surface area contributed by atoms with Gasteiger partial charge >= 0.3 is 0 Å². The summed E-state index contributed by atoms with van der Waals surface area (Å²) >= 11 is 7.85. The van der Waals surface area contributed by atoms with Crippen molar-refractivity contribution in [1.29, 1.82) is 0 Å². The Hall–Kier alpha value is -4.36. The summed E-state index contributed by atoms with van der Waals surface area (Å²) in [4.78, 5) is 8.51. The van der Waals surface area contributed by atoms with Crippen LogP contribution in [0.15, 0.2) is 46.2 Å². The van der Waals surface area contributed by atoms with Gasteiger partial charge in [0.1, 0.15) is 0 Å². The van der Waals surface area contributed by atoms with E-state index in [1.165, 1.54) is 184 Å². The Kier molecular flexibility index (Phi) is 21.7. The van der Waals surface area contributed by atoms with Crippen molar-refractivity contribution in [2.24, 2.45) is 0 Å². The van der Waals surface area contributed by atoms with Crippen molar-refractivity contribution in [2.75, 3.05) is 0 Å². The average Bonchev–Trinajstić information content (AvgIpc) is 4.14.